The van der Waals surface area contributed by atoms with Crippen molar-refractivity contribution >= 4 is 5.91 Å². The lowest BCUT2D eigenvalue weighted by molar-refractivity contribution is -0.186. The van der Waals surface area contributed by atoms with Crippen LogP contribution in [0.1, 0.15) is 27.2 Å². The molecule has 0 saturated carbocycles. The molecular weight excluding hydrogens is 226 g/mol. The summed E-state index contributed by atoms with van der Waals surface area (Å²) in [4.78, 5) is 11.2. The number of hydrogen-bond donors (Lipinski definition) is 5. The lowest BCUT2D eigenvalue weighted by Gasteiger charge is -2.43. The van der Waals surface area contributed by atoms with Crippen molar-refractivity contribution in [3.05, 3.63) is 0 Å². The molecule has 0 aromatic carbocycles. The van der Waals surface area contributed by atoms with E-state index < -0.39 is 35.7 Å². The van der Waals surface area contributed by atoms with Crippen LogP contribution in [0.15, 0.2) is 0 Å². The molecule has 0 fully saturated rings. The largest absolute Gasteiger partial charge is 0.394 e. The molecule has 1 amide bonds. The average molecular weight is 249 g/mol. The van der Waals surface area contributed by atoms with Crippen LogP contribution in [0.4, 0.5) is 0 Å². The number of hydrogen-bond acceptors (Lipinski definition) is 5. The molecule has 0 radical (unpaired) electrons. The second kappa shape index (κ2) is 5.77. The zero-order valence-electron chi connectivity index (χ0n) is 10.8. The first-order valence-electron chi connectivity index (χ1n) is 5.54. The third-order valence-electron chi connectivity index (χ3n) is 3.52. The minimum absolute atomic E-state index is 0.293. The Labute approximate surface area is 101 Å². The Morgan fingerprint density at radius 2 is 1.82 bits per heavy atom. The van der Waals surface area contributed by atoms with Gasteiger partial charge >= 0.3 is 0 Å². The highest BCUT2D eigenvalue weighted by atomic mass is 16.4. The van der Waals surface area contributed by atoms with Crippen molar-refractivity contribution in [1.29, 1.82) is 0 Å². The van der Waals surface area contributed by atoms with E-state index >= 15 is 0 Å². The molecular formula is C11H23NO5. The highest BCUT2D eigenvalue weighted by Crippen LogP contribution is 2.34. The average Bonchev–Trinajstić information content (AvgIpc) is 2.25. The van der Waals surface area contributed by atoms with Crippen LogP contribution >= 0.6 is 0 Å². The van der Waals surface area contributed by atoms with Crippen molar-refractivity contribution in [2.45, 2.75) is 44.5 Å². The Morgan fingerprint density at radius 3 is 2.18 bits per heavy atom. The Hall–Kier alpha value is -0.690. The Kier molecular flexibility index (Phi) is 5.54. The highest BCUT2D eigenvalue weighted by molar-refractivity contribution is 5.76. The van der Waals surface area contributed by atoms with Gasteiger partial charge in [-0.25, -0.2) is 0 Å². The number of amides is 1. The summed E-state index contributed by atoms with van der Waals surface area (Å²) in [5.41, 5.74) is -3.41. The van der Waals surface area contributed by atoms with Gasteiger partial charge in [-0.1, -0.05) is 6.92 Å². The Bertz CT molecular complexity index is 265. The van der Waals surface area contributed by atoms with E-state index in [0.29, 0.717) is 0 Å². The molecule has 4 unspecified atom stereocenters. The summed E-state index contributed by atoms with van der Waals surface area (Å²) in [6.07, 6.45) is -1.46. The van der Waals surface area contributed by atoms with E-state index in [-0.39, 0.29) is 6.42 Å². The van der Waals surface area contributed by atoms with Crippen LogP contribution in [0.2, 0.25) is 0 Å². The predicted molar refractivity (Wildman–Crippen MR) is 62.2 cm³/mol. The smallest absolute Gasteiger partial charge is 0.222 e. The Morgan fingerprint density at radius 1 is 1.35 bits per heavy atom. The third kappa shape index (κ3) is 3.64. The molecule has 4 atom stereocenters. The maximum absolute atomic E-state index is 11.2. The van der Waals surface area contributed by atoms with Crippen LogP contribution in [0.5, 0.6) is 0 Å². The molecule has 0 bridgehead atoms. The van der Waals surface area contributed by atoms with Crippen molar-refractivity contribution in [3.63, 3.8) is 0 Å². The molecule has 0 aliphatic rings. The van der Waals surface area contributed by atoms with Crippen molar-refractivity contribution in [2.24, 2.45) is 5.92 Å². The normalized spacial score (nSPS) is 22.1. The molecule has 0 aromatic heterocycles. The number of nitrogens with one attached hydrogen (secondary N) is 1. The molecule has 6 heteroatoms. The van der Waals surface area contributed by atoms with Crippen molar-refractivity contribution in [2.75, 3.05) is 13.7 Å². The molecule has 0 aliphatic heterocycles. The molecule has 0 saturated heterocycles. The molecule has 0 rings (SSSR count). The Balaban J connectivity index is 4.94. The van der Waals surface area contributed by atoms with Crippen LogP contribution in [0.25, 0.3) is 0 Å². The van der Waals surface area contributed by atoms with Crippen LogP contribution in [0.3, 0.4) is 0 Å². The molecule has 102 valence electrons. The zero-order chi connectivity index (χ0) is 13.9. The van der Waals surface area contributed by atoms with Crippen LogP contribution < -0.4 is 5.32 Å². The maximum Gasteiger partial charge on any atom is 0.222 e. The summed E-state index contributed by atoms with van der Waals surface area (Å²) in [7, 11) is 1.43. The van der Waals surface area contributed by atoms with Crippen LogP contribution in [0, 0.1) is 5.92 Å². The fourth-order valence-corrected chi connectivity index (χ4v) is 1.60. The number of aliphatic hydroxyl groups excluding tert-OH is 2. The summed E-state index contributed by atoms with van der Waals surface area (Å²) in [5, 5.41) is 41.1. The van der Waals surface area contributed by atoms with E-state index in [0.717, 1.165) is 0 Å². The van der Waals surface area contributed by atoms with Gasteiger partial charge in [-0.05, 0) is 13.8 Å². The first-order chi connectivity index (χ1) is 7.60. The second-order valence-electron chi connectivity index (χ2n) is 4.81. The third-order valence-corrected chi connectivity index (χ3v) is 3.52. The molecule has 6 nitrogen and oxygen atoms in total. The molecule has 5 N–H and O–H groups in total. The van der Waals surface area contributed by atoms with Gasteiger partial charge in [-0.3, -0.25) is 4.79 Å². The maximum atomic E-state index is 11.2. The van der Waals surface area contributed by atoms with Crippen molar-refractivity contribution in [1.82, 2.24) is 5.32 Å². The second-order valence-corrected chi connectivity index (χ2v) is 4.81. The van der Waals surface area contributed by atoms with Crippen molar-refractivity contribution < 1.29 is 25.2 Å². The number of rotatable bonds is 6. The summed E-state index contributed by atoms with van der Waals surface area (Å²) in [6, 6.07) is 0. The van der Waals surface area contributed by atoms with Gasteiger partial charge in [0, 0.05) is 13.0 Å². The fraction of sp³-hybridized carbons (Fsp3) is 0.909. The minimum Gasteiger partial charge on any atom is -0.394 e. The zero-order valence-corrected chi connectivity index (χ0v) is 10.8. The van der Waals surface area contributed by atoms with Gasteiger partial charge < -0.3 is 25.7 Å². The first kappa shape index (κ1) is 16.3. The van der Waals surface area contributed by atoms with E-state index in [2.05, 4.69) is 5.32 Å². The molecule has 0 aromatic rings. The molecule has 0 aliphatic carbocycles. The predicted octanol–water partition coefficient (Wildman–Crippen LogP) is -1.39. The molecule has 0 heterocycles. The standard InChI is InChI=1S/C11H23NO5/c1-7(8(14)6-13)11(3,17)10(2,16)5-9(15)12-4/h7-8,13-14,16-17H,5-6H2,1-4H3,(H,12,15). The van der Waals surface area contributed by atoms with E-state index in [9.17, 15) is 20.1 Å². The quantitative estimate of drug-likeness (QED) is 0.398. The lowest BCUT2D eigenvalue weighted by atomic mass is 9.73. The summed E-state index contributed by atoms with van der Waals surface area (Å²) < 4.78 is 0. The molecule has 17 heavy (non-hydrogen) atoms. The fourth-order valence-electron chi connectivity index (χ4n) is 1.60. The highest BCUT2D eigenvalue weighted by Gasteiger charge is 2.48. The topological polar surface area (TPSA) is 110 Å². The number of carbonyl (C=O) groups excluding carboxylic acids is 1. The van der Waals surface area contributed by atoms with Gasteiger partial charge in [-0.15, -0.1) is 0 Å². The van der Waals surface area contributed by atoms with Gasteiger partial charge in [0.25, 0.3) is 0 Å². The van der Waals surface area contributed by atoms with E-state index in [1.165, 1.54) is 27.8 Å². The molecule has 0 spiro atoms. The van der Waals surface area contributed by atoms with Gasteiger partial charge in [0.1, 0.15) is 0 Å². The van der Waals surface area contributed by atoms with Gasteiger partial charge in [-0.2, -0.15) is 0 Å². The van der Waals surface area contributed by atoms with Gasteiger partial charge in [0.2, 0.25) is 5.91 Å². The minimum atomic E-state index is -1.71. The monoisotopic (exact) mass is 249 g/mol. The summed E-state index contributed by atoms with van der Waals surface area (Å²) >= 11 is 0. The lowest BCUT2D eigenvalue weighted by Crippen LogP contribution is -2.58. The SMILES string of the molecule is CNC(=O)CC(C)(O)C(C)(O)C(C)C(O)CO. The van der Waals surface area contributed by atoms with E-state index in [1.807, 2.05) is 0 Å². The van der Waals surface area contributed by atoms with Crippen LogP contribution in [-0.4, -0.2) is 57.3 Å². The van der Waals surface area contributed by atoms with Crippen LogP contribution in [-0.2, 0) is 4.79 Å². The van der Waals surface area contributed by atoms with Crippen molar-refractivity contribution in [3.8, 4) is 0 Å². The summed E-state index contributed by atoms with van der Waals surface area (Å²) in [5.74, 6) is -1.20. The summed E-state index contributed by atoms with van der Waals surface area (Å²) in [6.45, 7) is 3.63. The first-order valence-corrected chi connectivity index (χ1v) is 5.54. The van der Waals surface area contributed by atoms with E-state index in [4.69, 9.17) is 5.11 Å². The number of carbonyl (C=O) groups is 1. The van der Waals surface area contributed by atoms with E-state index in [1.54, 1.807) is 0 Å². The van der Waals surface area contributed by atoms with Gasteiger partial charge in [0.15, 0.2) is 0 Å². The van der Waals surface area contributed by atoms with Gasteiger partial charge in [0.05, 0.1) is 30.3 Å². The number of aliphatic hydroxyl groups is 4.